The maximum atomic E-state index is 15.3. The second-order valence-corrected chi connectivity index (χ2v) is 17.1. The van der Waals surface area contributed by atoms with E-state index in [2.05, 4.69) is 168 Å². The van der Waals surface area contributed by atoms with E-state index in [0.29, 0.717) is 0 Å². The molecule has 232 valence electrons. The van der Waals surface area contributed by atoms with Crippen LogP contribution in [0.15, 0.2) is 96.1 Å². The first-order chi connectivity index (χ1) is 20.2. The molecule has 5 rings (SSSR count). The van der Waals surface area contributed by atoms with Gasteiger partial charge in [0.2, 0.25) is 5.78 Å². The smallest absolute Gasteiger partial charge is 0.207 e. The van der Waals surface area contributed by atoms with Gasteiger partial charge in [-0.3, -0.25) is 4.79 Å². The van der Waals surface area contributed by atoms with Gasteiger partial charge in [0.05, 0.1) is 0 Å². The molecule has 2 aliphatic rings. The van der Waals surface area contributed by atoms with Crippen LogP contribution in [0.1, 0.15) is 123 Å². The van der Waals surface area contributed by atoms with Crippen molar-refractivity contribution in [3.63, 3.8) is 0 Å². The van der Waals surface area contributed by atoms with Gasteiger partial charge in [0.15, 0.2) is 5.60 Å². The lowest BCUT2D eigenvalue weighted by atomic mass is 9.59. The van der Waals surface area contributed by atoms with E-state index in [9.17, 15) is 0 Å². The number of ketones is 1. The molecule has 0 saturated carbocycles. The molecule has 0 radical (unpaired) electrons. The van der Waals surface area contributed by atoms with Gasteiger partial charge in [-0.1, -0.05) is 162 Å². The third-order valence-electron chi connectivity index (χ3n) is 9.45. The van der Waals surface area contributed by atoms with Gasteiger partial charge in [-0.05, 0) is 50.0 Å². The molecule has 0 N–H and O–H groups in total. The van der Waals surface area contributed by atoms with Crippen molar-refractivity contribution in [2.75, 3.05) is 0 Å². The lowest BCUT2D eigenvalue weighted by molar-refractivity contribution is -0.131. The third kappa shape index (κ3) is 5.62. The summed E-state index contributed by atoms with van der Waals surface area (Å²) < 4.78 is 7.50. The highest BCUT2D eigenvalue weighted by atomic mass is 16.5. The summed E-state index contributed by atoms with van der Waals surface area (Å²) in [5, 5.41) is 0. The van der Waals surface area contributed by atoms with Gasteiger partial charge >= 0.3 is 0 Å². The molecule has 1 heterocycles. The summed E-state index contributed by atoms with van der Waals surface area (Å²) in [7, 11) is 0. The van der Waals surface area contributed by atoms with Crippen molar-refractivity contribution in [2.45, 2.75) is 111 Å². The molecule has 1 aliphatic heterocycles. The summed E-state index contributed by atoms with van der Waals surface area (Å²) in [4.78, 5) is 15.3. The van der Waals surface area contributed by atoms with Gasteiger partial charge in [0, 0.05) is 28.5 Å². The molecule has 3 aromatic rings. The number of carbonyl (C=O) groups is 1. The van der Waals surface area contributed by atoms with Crippen molar-refractivity contribution in [2.24, 2.45) is 10.8 Å². The zero-order chi connectivity index (χ0) is 32.5. The number of ether oxygens (including phenoxy) is 1. The fraction of sp³-hybridized carbons (Fsp3) is 0.452. The van der Waals surface area contributed by atoms with Crippen LogP contribution < -0.4 is 4.74 Å². The van der Waals surface area contributed by atoms with E-state index in [1.165, 1.54) is 16.7 Å². The Morgan fingerprint density at radius 1 is 0.636 bits per heavy atom. The molecular formula is C42H52O2. The average molecular weight is 589 g/mol. The Bertz CT molecular complexity index is 1610. The highest BCUT2D eigenvalue weighted by molar-refractivity contribution is 6.07. The van der Waals surface area contributed by atoms with Gasteiger partial charge in [0.25, 0.3) is 0 Å². The highest BCUT2D eigenvalue weighted by Crippen LogP contribution is 2.59. The van der Waals surface area contributed by atoms with Crippen molar-refractivity contribution in [3.05, 3.63) is 124 Å². The molecule has 1 spiro atoms. The maximum Gasteiger partial charge on any atom is 0.207 e. The zero-order valence-corrected chi connectivity index (χ0v) is 29.1. The van der Waals surface area contributed by atoms with Crippen LogP contribution in [0.5, 0.6) is 5.75 Å². The van der Waals surface area contributed by atoms with Crippen LogP contribution in [0.3, 0.4) is 0 Å². The number of benzene rings is 3. The number of Topliss-reactive ketones (excluding diaryl/α,β-unsaturated/α-hetero) is 1. The van der Waals surface area contributed by atoms with E-state index in [1.807, 2.05) is 0 Å². The molecule has 3 atom stereocenters. The molecule has 0 saturated heterocycles. The molecule has 0 bridgehead atoms. The van der Waals surface area contributed by atoms with Crippen LogP contribution in [-0.2, 0) is 15.6 Å². The summed E-state index contributed by atoms with van der Waals surface area (Å²) in [6.07, 6.45) is 4.35. The first-order valence-electron chi connectivity index (χ1n) is 16.2. The Morgan fingerprint density at radius 2 is 1.18 bits per heavy atom. The largest absolute Gasteiger partial charge is 0.474 e. The molecule has 3 aromatic carbocycles. The molecule has 0 fully saturated rings. The van der Waals surface area contributed by atoms with Gasteiger partial charge < -0.3 is 4.74 Å². The Balaban J connectivity index is 1.99. The first kappa shape index (κ1) is 32.0. The maximum absolute atomic E-state index is 15.3. The summed E-state index contributed by atoms with van der Waals surface area (Å²) in [5.74, 6) is 0.543. The predicted octanol–water partition coefficient (Wildman–Crippen LogP) is 10.9. The Morgan fingerprint density at radius 3 is 1.66 bits per heavy atom. The van der Waals surface area contributed by atoms with Crippen LogP contribution in [0, 0.1) is 10.8 Å². The van der Waals surface area contributed by atoms with Crippen LogP contribution in [0.4, 0.5) is 0 Å². The van der Waals surface area contributed by atoms with Gasteiger partial charge in [-0.2, -0.15) is 0 Å². The van der Waals surface area contributed by atoms with Crippen molar-refractivity contribution in [1.29, 1.82) is 0 Å². The minimum Gasteiger partial charge on any atom is -0.474 e. The molecule has 44 heavy (non-hydrogen) atoms. The number of hydrogen-bond donors (Lipinski definition) is 0. The van der Waals surface area contributed by atoms with Crippen molar-refractivity contribution in [1.82, 2.24) is 0 Å². The van der Waals surface area contributed by atoms with Crippen molar-refractivity contribution < 1.29 is 9.53 Å². The van der Waals surface area contributed by atoms with Crippen LogP contribution >= 0.6 is 0 Å². The van der Waals surface area contributed by atoms with Gasteiger partial charge in [-0.25, -0.2) is 0 Å². The van der Waals surface area contributed by atoms with Gasteiger partial charge in [0.1, 0.15) is 5.75 Å². The van der Waals surface area contributed by atoms with E-state index < -0.39 is 5.60 Å². The van der Waals surface area contributed by atoms with Crippen molar-refractivity contribution >= 4 is 5.78 Å². The van der Waals surface area contributed by atoms with Crippen LogP contribution in [-0.4, -0.2) is 11.4 Å². The lowest BCUT2D eigenvalue weighted by Gasteiger charge is -2.51. The third-order valence-corrected chi connectivity index (χ3v) is 9.45. The Hall–Kier alpha value is -3.39. The van der Waals surface area contributed by atoms with Crippen LogP contribution in [0.25, 0.3) is 0 Å². The standard InChI is InChI=1S/C42H52O2/c1-38(2,3)29-23-31-34(27-19-15-13-16-20-27)35(28-21-17-14-18-22-28)42(44-36(31)32(24-29)40(7,8)9)26-30(39(4,5)6)25-33(37(42)43)41(10,11)12/h13-26,34-35H,1-12H3. The molecule has 3 unspecified atom stereocenters. The second kappa shape index (κ2) is 10.6. The Labute approximate surface area is 266 Å². The number of fused-ring (bicyclic) bond motifs is 1. The summed E-state index contributed by atoms with van der Waals surface area (Å²) in [6, 6.07) is 26.1. The van der Waals surface area contributed by atoms with Crippen molar-refractivity contribution in [3.8, 4) is 5.75 Å². The van der Waals surface area contributed by atoms with E-state index in [0.717, 1.165) is 28.0 Å². The van der Waals surface area contributed by atoms with E-state index >= 15 is 4.79 Å². The molecular weight excluding hydrogens is 536 g/mol. The molecule has 0 amide bonds. The quantitative estimate of drug-likeness (QED) is 0.298. The predicted molar refractivity (Wildman–Crippen MR) is 185 cm³/mol. The molecule has 2 nitrogen and oxygen atoms in total. The fourth-order valence-electron chi connectivity index (χ4n) is 6.85. The minimum atomic E-state index is -1.22. The molecule has 2 heteroatoms. The minimum absolute atomic E-state index is 0.0598. The molecule has 0 aromatic heterocycles. The monoisotopic (exact) mass is 588 g/mol. The van der Waals surface area contributed by atoms with Crippen LogP contribution in [0.2, 0.25) is 0 Å². The number of rotatable bonds is 2. The second-order valence-electron chi connectivity index (χ2n) is 17.1. The summed E-state index contributed by atoms with van der Waals surface area (Å²) in [5.41, 5.74) is 5.84. The Kier molecular flexibility index (Phi) is 7.72. The van der Waals surface area contributed by atoms with Gasteiger partial charge in [-0.15, -0.1) is 0 Å². The van der Waals surface area contributed by atoms with E-state index in [1.54, 1.807) is 0 Å². The molecule has 1 aliphatic carbocycles. The van der Waals surface area contributed by atoms with E-state index in [-0.39, 0.29) is 39.3 Å². The van der Waals surface area contributed by atoms with E-state index in [4.69, 9.17) is 4.74 Å². The average Bonchev–Trinajstić information content (AvgIpc) is 2.91. The SMILES string of the molecule is CC(C)(C)C1=CC2(Oc3c(cc(C(C)(C)C)cc3C(C)(C)C)C(c3ccccc3)C2c2ccccc2)C(=O)C(C(C)(C)C)=C1. The number of allylic oxidation sites excluding steroid dienone is 2. The number of hydrogen-bond acceptors (Lipinski definition) is 2. The fourth-order valence-corrected chi connectivity index (χ4v) is 6.85. The highest BCUT2D eigenvalue weighted by Gasteiger charge is 2.58. The summed E-state index contributed by atoms with van der Waals surface area (Å²) >= 11 is 0. The first-order valence-corrected chi connectivity index (χ1v) is 16.2. The lowest BCUT2D eigenvalue weighted by Crippen LogP contribution is -2.56. The summed E-state index contributed by atoms with van der Waals surface area (Å²) in [6.45, 7) is 26.8. The topological polar surface area (TPSA) is 26.3 Å². The number of carbonyl (C=O) groups excluding carboxylic acids is 1. The zero-order valence-electron chi connectivity index (χ0n) is 29.1. The normalized spacial score (nSPS) is 22.7.